The van der Waals surface area contributed by atoms with E-state index in [-0.39, 0.29) is 15.7 Å². The van der Waals surface area contributed by atoms with Crippen molar-refractivity contribution in [2.75, 3.05) is 14.1 Å². The summed E-state index contributed by atoms with van der Waals surface area (Å²) in [5, 5.41) is 0. The van der Waals surface area contributed by atoms with Crippen LogP contribution >= 0.6 is 0 Å². The molecule has 0 rings (SSSR count). The van der Waals surface area contributed by atoms with Crippen LogP contribution in [0, 0.1) is 0 Å². The smallest absolute Gasteiger partial charge is 0.416 e. The summed E-state index contributed by atoms with van der Waals surface area (Å²) in [4.78, 5) is 0. The minimum absolute atomic E-state index is 0.0710. The summed E-state index contributed by atoms with van der Waals surface area (Å²) in [6, 6.07) is 0. The van der Waals surface area contributed by atoms with Crippen molar-refractivity contribution in [3.05, 3.63) is 0 Å². The Kier molecular flexibility index (Phi) is 5.36. The average Bonchev–Trinajstić information content (AvgIpc) is 1.27. The molecule has 0 heterocycles. The Morgan fingerprint density at radius 3 is 1.43 bits per heavy atom. The molecule has 0 atom stereocenters. The van der Waals surface area contributed by atoms with Crippen molar-refractivity contribution in [1.29, 1.82) is 0 Å². The van der Waals surface area contributed by atoms with Gasteiger partial charge in [0.15, 0.2) is 0 Å². The second kappa shape index (κ2) is 4.40. The quantitative estimate of drug-likeness (QED) is 0.387. The highest BCUT2D eigenvalue weighted by atomic mass is 27.2. The largest absolute Gasteiger partial charge is 0.469 e. The van der Waals surface area contributed by atoms with Gasteiger partial charge in [0, 0.05) is 0 Å². The van der Waals surface area contributed by atoms with Crippen molar-refractivity contribution in [3.8, 4) is 0 Å². The van der Waals surface area contributed by atoms with Crippen LogP contribution in [0.15, 0.2) is 0 Å². The summed E-state index contributed by atoms with van der Waals surface area (Å²) in [5.74, 6) is 0. The number of rotatable bonds is 2. The molecule has 0 aromatic heterocycles. The van der Waals surface area contributed by atoms with E-state index in [0.29, 0.717) is 0 Å². The lowest BCUT2D eigenvalue weighted by molar-refractivity contribution is 0.743. The highest BCUT2D eigenvalue weighted by Gasteiger charge is 1.95. The van der Waals surface area contributed by atoms with Crippen molar-refractivity contribution in [1.82, 2.24) is 5.73 Å². The predicted molar refractivity (Wildman–Crippen MR) is 39.8 cm³/mol. The zero-order valence-corrected chi connectivity index (χ0v) is 11.0. The van der Waals surface area contributed by atoms with Crippen molar-refractivity contribution >= 4 is 48.7 Å². The lowest BCUT2D eigenvalue weighted by Crippen LogP contribution is -2.33. The van der Waals surface area contributed by atoms with Gasteiger partial charge in [-0.3, -0.25) is 0 Å². The van der Waals surface area contributed by atoms with E-state index in [1.165, 1.54) is 33.0 Å². The van der Waals surface area contributed by atoms with Gasteiger partial charge in [0.25, 0.3) is 33.0 Å². The Balaban J connectivity index is 2.95. The fourth-order valence-electron chi connectivity index (χ4n) is 0.566. The highest BCUT2D eigenvalue weighted by Crippen LogP contribution is 1.68. The maximum Gasteiger partial charge on any atom is 0.416 e. The Morgan fingerprint density at radius 2 is 1.43 bits per heavy atom. The zero-order chi connectivity index (χ0) is 5.86. The van der Waals surface area contributed by atoms with Crippen LogP contribution in [0.1, 0.15) is 0 Å². The van der Waals surface area contributed by atoms with Crippen LogP contribution in [0.25, 0.3) is 0 Å². The average molecular weight is 144 g/mol. The van der Waals surface area contributed by atoms with Crippen molar-refractivity contribution in [3.63, 3.8) is 0 Å². The maximum atomic E-state index is 2.44. The Hall–Kier alpha value is 1.52. The minimum atomic E-state index is 0.0710. The lowest BCUT2D eigenvalue weighted by atomic mass is 11.6. The molecule has 0 aromatic carbocycles. The molecular formula is C2H11Al3N2. The van der Waals surface area contributed by atoms with Crippen LogP contribution in [-0.2, 0) is 0 Å². The zero-order valence-electron chi connectivity index (χ0n) is 5.60. The molecular weight excluding hydrogens is 133 g/mol. The van der Waals surface area contributed by atoms with E-state index in [1.54, 1.807) is 0 Å². The Labute approximate surface area is 68.3 Å². The first-order valence-corrected chi connectivity index (χ1v) is 5.48. The summed E-state index contributed by atoms with van der Waals surface area (Å²) in [7, 11) is 4.40. The van der Waals surface area contributed by atoms with E-state index in [0.717, 1.165) is 0 Å². The van der Waals surface area contributed by atoms with Crippen molar-refractivity contribution in [2.24, 2.45) is 0 Å². The molecule has 0 saturated heterocycles. The molecule has 0 aliphatic rings. The van der Waals surface area contributed by atoms with Gasteiger partial charge < -0.3 is 5.73 Å². The van der Waals surface area contributed by atoms with Crippen LogP contribution in [0.2, 0.25) is 0 Å². The van der Waals surface area contributed by atoms with Gasteiger partial charge in [-0.1, -0.05) is 14.1 Å². The van der Waals surface area contributed by atoms with E-state index in [4.69, 9.17) is 0 Å². The fourth-order valence-corrected chi connectivity index (χ4v) is 6.79. The van der Waals surface area contributed by atoms with E-state index < -0.39 is 0 Å². The van der Waals surface area contributed by atoms with Gasteiger partial charge in [-0.25, -0.2) is 0 Å². The molecule has 0 bridgehead atoms. The van der Waals surface area contributed by atoms with Crippen LogP contribution in [0.3, 0.4) is 0 Å². The molecule has 38 valence electrons. The van der Waals surface area contributed by atoms with Gasteiger partial charge in [0.2, 0.25) is 0 Å². The van der Waals surface area contributed by atoms with Crippen molar-refractivity contribution < 1.29 is 0 Å². The second-order valence-corrected chi connectivity index (χ2v) is 10.7. The SMILES string of the molecule is C[N]([AlH2])[AlH][N](C)[AlH2]. The first kappa shape index (κ1) is 8.52. The maximum absolute atomic E-state index is 2.44. The van der Waals surface area contributed by atoms with Gasteiger partial charge in [-0.2, -0.15) is 0 Å². The molecule has 0 aliphatic heterocycles. The van der Waals surface area contributed by atoms with Gasteiger partial charge >= 0.3 is 15.7 Å². The number of hydrogen-bond acceptors (Lipinski definition) is 2. The highest BCUT2D eigenvalue weighted by molar-refractivity contribution is 6.45. The first-order valence-electron chi connectivity index (χ1n) is 2.42. The summed E-state index contributed by atoms with van der Waals surface area (Å²) in [5.41, 5.74) is 0. The molecule has 0 N–H and O–H groups in total. The van der Waals surface area contributed by atoms with E-state index in [1.807, 2.05) is 0 Å². The monoisotopic (exact) mass is 144 g/mol. The van der Waals surface area contributed by atoms with Crippen LogP contribution < -0.4 is 0 Å². The Bertz CT molecular complexity index is 40.2. The predicted octanol–water partition coefficient (Wildman–Crippen LogP) is -2.79. The molecule has 7 heavy (non-hydrogen) atoms. The molecule has 0 unspecified atom stereocenters. The number of nitrogens with zero attached hydrogens (tertiary/aromatic N) is 2. The van der Waals surface area contributed by atoms with Gasteiger partial charge in [0.1, 0.15) is 0 Å². The van der Waals surface area contributed by atoms with Gasteiger partial charge in [-0.15, -0.1) is 0 Å². The third-order valence-corrected chi connectivity index (χ3v) is 3.39. The lowest BCUT2D eigenvalue weighted by Gasteiger charge is -2.14. The van der Waals surface area contributed by atoms with Crippen LogP contribution in [-0.4, -0.2) is 68.5 Å². The molecule has 0 saturated carbocycles. The fraction of sp³-hybridized carbons (Fsp3) is 1.00. The number of hydrogen-bond donors (Lipinski definition) is 0. The molecule has 0 amide bonds. The van der Waals surface area contributed by atoms with Crippen LogP contribution in [0.5, 0.6) is 0 Å². The van der Waals surface area contributed by atoms with Gasteiger partial charge in [-0.05, 0) is 0 Å². The molecule has 0 fully saturated rings. The minimum Gasteiger partial charge on any atom is -0.469 e. The molecule has 2 nitrogen and oxygen atoms in total. The third-order valence-electron chi connectivity index (χ3n) is 0.566. The normalized spacial score (nSPS) is 10.3. The molecule has 5 heteroatoms. The van der Waals surface area contributed by atoms with Crippen LogP contribution in [0.4, 0.5) is 0 Å². The van der Waals surface area contributed by atoms with E-state index in [9.17, 15) is 0 Å². The molecule has 0 spiro atoms. The van der Waals surface area contributed by atoms with E-state index in [2.05, 4.69) is 19.8 Å². The summed E-state index contributed by atoms with van der Waals surface area (Å²) < 4.78 is 4.88. The van der Waals surface area contributed by atoms with Crippen molar-refractivity contribution in [2.45, 2.75) is 0 Å². The molecule has 0 radical (unpaired) electrons. The first-order chi connectivity index (χ1) is 3.13. The molecule has 0 aromatic rings. The summed E-state index contributed by atoms with van der Waals surface area (Å²) in [6.45, 7) is 0. The standard InChI is InChI=1S/2CH3N.3Al.5H/c2*1-2;;;;;;;;/h2*1H3;;;;;;;;. The second-order valence-electron chi connectivity index (χ2n) is 2.30. The summed E-state index contributed by atoms with van der Waals surface area (Å²) >= 11 is 2.56. The van der Waals surface area contributed by atoms with Gasteiger partial charge in [0.05, 0.1) is 0 Å². The Morgan fingerprint density at radius 1 is 1.14 bits per heavy atom. The topological polar surface area (TPSA) is 6.48 Å². The third kappa shape index (κ3) is 7.52. The summed E-state index contributed by atoms with van der Waals surface area (Å²) in [6.07, 6.45) is 0. The molecule has 0 aliphatic carbocycles. The van der Waals surface area contributed by atoms with E-state index >= 15 is 0 Å².